The lowest BCUT2D eigenvalue weighted by Crippen LogP contribution is -2.09. The van der Waals surface area contributed by atoms with Crippen molar-refractivity contribution in [2.75, 3.05) is 37.3 Å². The van der Waals surface area contributed by atoms with E-state index in [1.807, 2.05) is 30.3 Å². The summed E-state index contributed by atoms with van der Waals surface area (Å²) in [7, 11) is -0.284. The maximum atomic E-state index is 11.6. The molecule has 3 aromatic carbocycles. The number of anilines is 3. The number of benzene rings is 3. The van der Waals surface area contributed by atoms with Crippen LogP contribution < -0.4 is 29.0 Å². The van der Waals surface area contributed by atoms with Crippen molar-refractivity contribution in [1.82, 2.24) is 4.98 Å². The van der Waals surface area contributed by atoms with Gasteiger partial charge in [-0.25, -0.2) is 13.4 Å². The summed E-state index contributed by atoms with van der Waals surface area (Å²) in [5, 5.41) is 5.14. The Morgan fingerprint density at radius 2 is 1.67 bits per heavy atom. The number of pyridine rings is 1. The molecule has 1 aliphatic rings. The highest BCUT2D eigenvalue weighted by molar-refractivity contribution is 7.92. The summed E-state index contributed by atoms with van der Waals surface area (Å²) >= 11 is 0. The van der Waals surface area contributed by atoms with Gasteiger partial charge in [0.15, 0.2) is 11.5 Å². The molecule has 0 saturated heterocycles. The minimum absolute atomic E-state index is 0.157. The normalized spacial score (nSPS) is 12.7. The van der Waals surface area contributed by atoms with Gasteiger partial charge in [-0.15, -0.1) is 0 Å². The van der Waals surface area contributed by atoms with E-state index in [2.05, 4.69) is 10.0 Å². The van der Waals surface area contributed by atoms with Crippen LogP contribution in [0.3, 0.4) is 0 Å². The van der Waals surface area contributed by atoms with E-state index in [0.29, 0.717) is 34.4 Å². The lowest BCUT2D eigenvalue weighted by atomic mass is 10.1. The molecule has 0 aliphatic carbocycles. The molecule has 33 heavy (non-hydrogen) atoms. The number of fused-ring (bicyclic) bond motifs is 3. The second-order valence-electron chi connectivity index (χ2n) is 7.51. The number of methoxy groups -OCH3 is 2. The first kappa shape index (κ1) is 21.0. The molecule has 2 N–H and O–H groups in total. The minimum Gasteiger partial charge on any atom is -0.497 e. The molecule has 2 heterocycles. The van der Waals surface area contributed by atoms with Crippen LogP contribution in [0.5, 0.6) is 23.0 Å². The molecule has 0 spiro atoms. The van der Waals surface area contributed by atoms with E-state index in [1.54, 1.807) is 25.3 Å². The summed E-state index contributed by atoms with van der Waals surface area (Å²) in [6.45, 7) is 0.157. The lowest BCUT2D eigenvalue weighted by molar-refractivity contribution is 0.174. The van der Waals surface area contributed by atoms with Gasteiger partial charge in [0, 0.05) is 29.0 Å². The Morgan fingerprint density at radius 1 is 0.909 bits per heavy atom. The van der Waals surface area contributed by atoms with Crippen LogP contribution in [0.15, 0.2) is 48.5 Å². The Bertz CT molecular complexity index is 1500. The predicted octanol–water partition coefficient (Wildman–Crippen LogP) is 4.25. The van der Waals surface area contributed by atoms with Gasteiger partial charge in [-0.05, 0) is 30.3 Å². The summed E-state index contributed by atoms with van der Waals surface area (Å²) < 4.78 is 47.7. The maximum Gasteiger partial charge on any atom is 0.231 e. The van der Waals surface area contributed by atoms with Gasteiger partial charge in [0.25, 0.3) is 0 Å². The maximum absolute atomic E-state index is 11.6. The molecule has 0 bridgehead atoms. The van der Waals surface area contributed by atoms with E-state index >= 15 is 0 Å². The fraction of sp³-hybridized carbons (Fsp3) is 0.174. The summed E-state index contributed by atoms with van der Waals surface area (Å²) in [5.74, 6) is 2.43. The average molecular weight is 468 g/mol. The quantitative estimate of drug-likeness (QED) is 0.405. The van der Waals surface area contributed by atoms with Crippen LogP contribution in [0.25, 0.3) is 21.8 Å². The summed E-state index contributed by atoms with van der Waals surface area (Å²) in [6, 6.07) is 14.4. The second-order valence-corrected chi connectivity index (χ2v) is 9.26. The van der Waals surface area contributed by atoms with E-state index in [0.717, 1.165) is 33.7 Å². The fourth-order valence-electron chi connectivity index (χ4n) is 3.78. The highest BCUT2D eigenvalue weighted by atomic mass is 32.2. The van der Waals surface area contributed by atoms with Crippen molar-refractivity contribution in [3.05, 3.63) is 48.5 Å². The van der Waals surface area contributed by atoms with Gasteiger partial charge in [0.1, 0.15) is 11.5 Å². The molecule has 0 radical (unpaired) electrons. The number of nitrogens with zero attached hydrogens (tertiary/aromatic N) is 1. The number of hydrogen-bond donors (Lipinski definition) is 2. The Labute approximate surface area is 190 Å². The van der Waals surface area contributed by atoms with Gasteiger partial charge in [-0.2, -0.15) is 0 Å². The van der Waals surface area contributed by atoms with Crippen molar-refractivity contribution in [3.63, 3.8) is 0 Å². The van der Waals surface area contributed by atoms with Crippen LogP contribution in [0.4, 0.5) is 17.1 Å². The van der Waals surface area contributed by atoms with Gasteiger partial charge in [-0.3, -0.25) is 4.72 Å². The molecular formula is C23H21N3O6S. The number of aromatic nitrogens is 1. The smallest absolute Gasteiger partial charge is 0.231 e. The summed E-state index contributed by atoms with van der Waals surface area (Å²) in [5.41, 5.74) is 3.30. The van der Waals surface area contributed by atoms with Crippen LogP contribution in [0.1, 0.15) is 0 Å². The molecule has 170 valence electrons. The Balaban J connectivity index is 1.69. The molecule has 0 atom stereocenters. The van der Waals surface area contributed by atoms with E-state index in [4.69, 9.17) is 23.9 Å². The van der Waals surface area contributed by atoms with E-state index in [9.17, 15) is 8.42 Å². The van der Waals surface area contributed by atoms with Crippen molar-refractivity contribution in [1.29, 1.82) is 0 Å². The van der Waals surface area contributed by atoms with Crippen LogP contribution in [0, 0.1) is 0 Å². The highest BCUT2D eigenvalue weighted by Crippen LogP contribution is 2.43. The standard InChI is InChI=1S/C23H21N3O6S/c1-29-14-5-6-15-18(9-14)24-19-11-22-21(31-12-32-22)10-16(19)23(15)25-17-7-4-13(8-20(17)30-2)26-33(3,27)28/h4-11,26H,12H2,1-3H3,(H,24,25). The van der Waals surface area contributed by atoms with Crippen LogP contribution in [0.2, 0.25) is 0 Å². The predicted molar refractivity (Wildman–Crippen MR) is 127 cm³/mol. The molecule has 0 unspecified atom stereocenters. The van der Waals surface area contributed by atoms with Crippen LogP contribution >= 0.6 is 0 Å². The number of rotatable bonds is 6. The third-order valence-corrected chi connectivity index (χ3v) is 5.85. The zero-order valence-corrected chi connectivity index (χ0v) is 18.9. The first-order valence-electron chi connectivity index (χ1n) is 9.98. The third kappa shape index (κ3) is 4.00. The molecule has 1 aliphatic heterocycles. The molecule has 0 saturated carbocycles. The molecule has 10 heteroatoms. The van der Waals surface area contributed by atoms with Crippen LogP contribution in [-0.4, -0.2) is 40.7 Å². The molecule has 5 rings (SSSR count). The minimum atomic E-state index is -3.42. The van der Waals surface area contributed by atoms with Gasteiger partial charge in [-0.1, -0.05) is 0 Å². The van der Waals surface area contributed by atoms with Crippen molar-refractivity contribution in [2.24, 2.45) is 0 Å². The number of ether oxygens (including phenoxy) is 4. The highest BCUT2D eigenvalue weighted by Gasteiger charge is 2.19. The molecule has 4 aromatic rings. The molecule has 0 fully saturated rings. The fourth-order valence-corrected chi connectivity index (χ4v) is 4.34. The summed E-state index contributed by atoms with van der Waals surface area (Å²) in [6.07, 6.45) is 1.10. The van der Waals surface area contributed by atoms with E-state index in [1.165, 1.54) is 7.11 Å². The monoisotopic (exact) mass is 467 g/mol. The Hall–Kier alpha value is -3.92. The Morgan fingerprint density at radius 3 is 2.39 bits per heavy atom. The largest absolute Gasteiger partial charge is 0.497 e. The van der Waals surface area contributed by atoms with Crippen molar-refractivity contribution >= 4 is 48.9 Å². The molecule has 0 amide bonds. The first-order valence-corrected chi connectivity index (χ1v) is 11.9. The van der Waals surface area contributed by atoms with Gasteiger partial charge in [0.2, 0.25) is 16.8 Å². The van der Waals surface area contributed by atoms with E-state index in [-0.39, 0.29) is 6.79 Å². The lowest BCUT2D eigenvalue weighted by Gasteiger charge is -2.17. The number of nitrogens with one attached hydrogen (secondary N) is 2. The topological polar surface area (TPSA) is 108 Å². The van der Waals surface area contributed by atoms with Gasteiger partial charge >= 0.3 is 0 Å². The average Bonchev–Trinajstić information content (AvgIpc) is 3.24. The zero-order chi connectivity index (χ0) is 23.2. The van der Waals surface area contributed by atoms with Crippen molar-refractivity contribution in [3.8, 4) is 23.0 Å². The van der Waals surface area contributed by atoms with E-state index < -0.39 is 10.0 Å². The first-order chi connectivity index (χ1) is 15.8. The SMILES string of the molecule is COc1ccc2c(Nc3ccc(NS(C)(=O)=O)cc3OC)c3cc4c(cc3nc2c1)OCO4. The molecule has 1 aromatic heterocycles. The van der Waals surface area contributed by atoms with Crippen molar-refractivity contribution in [2.45, 2.75) is 0 Å². The van der Waals surface area contributed by atoms with Gasteiger partial charge < -0.3 is 24.3 Å². The number of hydrogen-bond acceptors (Lipinski definition) is 8. The Kier molecular flexibility index (Phi) is 5.01. The zero-order valence-electron chi connectivity index (χ0n) is 18.1. The summed E-state index contributed by atoms with van der Waals surface area (Å²) in [4.78, 5) is 4.80. The molecule has 9 nitrogen and oxygen atoms in total. The third-order valence-electron chi connectivity index (χ3n) is 5.24. The number of sulfonamides is 1. The van der Waals surface area contributed by atoms with Gasteiger partial charge in [0.05, 0.1) is 48.6 Å². The van der Waals surface area contributed by atoms with Crippen LogP contribution in [-0.2, 0) is 10.0 Å². The van der Waals surface area contributed by atoms with Crippen molar-refractivity contribution < 1.29 is 27.4 Å². The molecular weight excluding hydrogens is 446 g/mol. The second kappa shape index (κ2) is 7.89.